The first kappa shape index (κ1) is 20.5. The number of primary amides is 1. The topological polar surface area (TPSA) is 130 Å². The second-order valence-electron chi connectivity index (χ2n) is 6.62. The quantitative estimate of drug-likeness (QED) is 0.421. The molecule has 0 spiro atoms. The van der Waals surface area contributed by atoms with E-state index in [4.69, 9.17) is 23.1 Å². The zero-order valence-corrected chi connectivity index (χ0v) is 16.8. The van der Waals surface area contributed by atoms with Gasteiger partial charge in [0.25, 0.3) is 0 Å². The van der Waals surface area contributed by atoms with Gasteiger partial charge in [0.1, 0.15) is 17.7 Å². The first-order valence-corrected chi connectivity index (χ1v) is 9.62. The molecule has 0 saturated heterocycles. The molecule has 1 aliphatic heterocycles. The highest BCUT2D eigenvalue weighted by atomic mass is 35.5. The molecule has 9 heteroatoms. The van der Waals surface area contributed by atoms with E-state index in [0.717, 1.165) is 29.9 Å². The van der Waals surface area contributed by atoms with Crippen molar-refractivity contribution in [2.45, 2.75) is 19.4 Å². The summed E-state index contributed by atoms with van der Waals surface area (Å²) in [6, 6.07) is 8.96. The van der Waals surface area contributed by atoms with Gasteiger partial charge >= 0.3 is 0 Å². The van der Waals surface area contributed by atoms with Gasteiger partial charge in [0.2, 0.25) is 5.91 Å². The van der Waals surface area contributed by atoms with Crippen LogP contribution in [0, 0.1) is 6.92 Å². The zero-order valence-electron chi connectivity index (χ0n) is 16.1. The van der Waals surface area contributed by atoms with Crippen molar-refractivity contribution in [1.82, 2.24) is 15.6 Å². The Balaban J connectivity index is 1.50. The average molecular weight is 414 g/mol. The van der Waals surface area contributed by atoms with Crippen LogP contribution in [0.2, 0.25) is 5.02 Å². The molecule has 2 aromatic rings. The number of carbonyl (C=O) groups excluding carboxylic acids is 1. The Kier molecular flexibility index (Phi) is 6.56. The summed E-state index contributed by atoms with van der Waals surface area (Å²) in [6.07, 6.45) is 4.29. The number of anilines is 1. The van der Waals surface area contributed by atoms with E-state index in [9.17, 15) is 4.79 Å². The second-order valence-corrected chi connectivity index (χ2v) is 7.03. The Bertz CT molecular complexity index is 940. The fraction of sp³-hybridized carbons (Fsp3) is 0.250. The van der Waals surface area contributed by atoms with Gasteiger partial charge in [-0.25, -0.2) is 9.98 Å². The predicted molar refractivity (Wildman–Crippen MR) is 116 cm³/mol. The number of guanidine groups is 1. The molecule has 3 rings (SSSR count). The van der Waals surface area contributed by atoms with Crippen LogP contribution in [-0.2, 0) is 0 Å². The molecular formula is C20H24ClN7O. The van der Waals surface area contributed by atoms with Crippen molar-refractivity contribution >= 4 is 29.3 Å². The molecular weight excluding hydrogens is 390 g/mol. The van der Waals surface area contributed by atoms with Crippen molar-refractivity contribution in [3.8, 4) is 0 Å². The van der Waals surface area contributed by atoms with E-state index in [1.807, 2.05) is 31.2 Å². The van der Waals surface area contributed by atoms with Crippen LogP contribution in [0.25, 0.3) is 0 Å². The van der Waals surface area contributed by atoms with Gasteiger partial charge in [0, 0.05) is 24.3 Å². The number of nitrogens with one attached hydrogen (secondary N) is 3. The molecule has 1 aliphatic rings. The van der Waals surface area contributed by atoms with Crippen LogP contribution in [-0.4, -0.2) is 29.9 Å². The van der Waals surface area contributed by atoms with E-state index in [2.05, 4.69) is 25.9 Å². The molecule has 1 amide bonds. The lowest BCUT2D eigenvalue weighted by molar-refractivity contribution is 0.1000. The lowest BCUT2D eigenvalue weighted by Crippen LogP contribution is -2.40. The molecule has 29 heavy (non-hydrogen) atoms. The molecule has 1 aromatic carbocycles. The second kappa shape index (κ2) is 9.29. The molecule has 0 radical (unpaired) electrons. The molecule has 8 nitrogen and oxygen atoms in total. The number of amides is 1. The maximum atomic E-state index is 11.1. The number of carbonyl (C=O) groups is 1. The van der Waals surface area contributed by atoms with Gasteiger partial charge in [-0.1, -0.05) is 23.7 Å². The molecule has 0 aliphatic carbocycles. The van der Waals surface area contributed by atoms with E-state index >= 15 is 0 Å². The third-order valence-electron chi connectivity index (χ3n) is 4.52. The lowest BCUT2D eigenvalue weighted by Gasteiger charge is -2.22. The molecule has 2 heterocycles. The van der Waals surface area contributed by atoms with Crippen LogP contribution in [0.4, 0.5) is 5.82 Å². The highest BCUT2D eigenvalue weighted by molar-refractivity contribution is 6.31. The summed E-state index contributed by atoms with van der Waals surface area (Å²) in [7, 11) is 0. The molecule has 0 bridgehead atoms. The molecule has 0 saturated carbocycles. The summed E-state index contributed by atoms with van der Waals surface area (Å²) in [4.78, 5) is 19.7. The predicted octanol–water partition coefficient (Wildman–Crippen LogP) is 2.03. The van der Waals surface area contributed by atoms with Gasteiger partial charge in [-0.2, -0.15) is 0 Å². The molecule has 0 fully saturated rings. The van der Waals surface area contributed by atoms with E-state index in [1.165, 1.54) is 6.20 Å². The Morgan fingerprint density at radius 3 is 2.76 bits per heavy atom. The van der Waals surface area contributed by atoms with Crippen LogP contribution in [0.1, 0.15) is 33.9 Å². The summed E-state index contributed by atoms with van der Waals surface area (Å²) in [6.45, 7) is 3.41. The summed E-state index contributed by atoms with van der Waals surface area (Å²) in [5.41, 5.74) is 13.6. The zero-order chi connectivity index (χ0) is 20.8. The van der Waals surface area contributed by atoms with Crippen molar-refractivity contribution in [2.75, 3.05) is 18.4 Å². The number of aliphatic imine (C=N–C) groups is 1. The first-order valence-electron chi connectivity index (χ1n) is 9.25. The van der Waals surface area contributed by atoms with Crippen LogP contribution in [0.5, 0.6) is 0 Å². The number of hydrogen-bond donors (Lipinski definition) is 5. The fourth-order valence-corrected chi connectivity index (χ4v) is 3.12. The average Bonchev–Trinajstić information content (AvgIpc) is 2.69. The summed E-state index contributed by atoms with van der Waals surface area (Å²) in [5.74, 6) is 1.37. The fourth-order valence-electron chi connectivity index (χ4n) is 2.94. The minimum atomic E-state index is -0.490. The van der Waals surface area contributed by atoms with Crippen molar-refractivity contribution in [2.24, 2.45) is 16.5 Å². The van der Waals surface area contributed by atoms with E-state index in [0.29, 0.717) is 28.9 Å². The third kappa shape index (κ3) is 5.39. The Hall–Kier alpha value is -3.26. The van der Waals surface area contributed by atoms with Crippen LogP contribution in [0.15, 0.2) is 53.4 Å². The number of aromatic nitrogens is 1. The van der Waals surface area contributed by atoms with Crippen LogP contribution in [0.3, 0.4) is 0 Å². The van der Waals surface area contributed by atoms with Gasteiger partial charge in [-0.15, -0.1) is 0 Å². The smallest absolute Gasteiger partial charge is 0.250 e. The number of hydrogen-bond acceptors (Lipinski definition) is 7. The lowest BCUT2D eigenvalue weighted by atomic mass is 10.0. The first-order chi connectivity index (χ1) is 13.9. The minimum absolute atomic E-state index is 0.191. The highest BCUT2D eigenvalue weighted by Crippen LogP contribution is 2.28. The van der Waals surface area contributed by atoms with Crippen molar-refractivity contribution in [1.29, 1.82) is 0 Å². The number of pyridine rings is 1. The van der Waals surface area contributed by atoms with E-state index in [1.54, 1.807) is 12.1 Å². The molecule has 152 valence electrons. The number of nitrogens with zero attached hydrogens (tertiary/aromatic N) is 2. The standard InChI is InChI=1S/C20H24ClN7O/c1-12-14(4-2-5-15(12)21)16-10-18(28-20(23)27-16)25-9-3-8-24-17-7-6-13(11-26-17)19(22)29/h2,4-7,10-11,16,25H,3,8-9H2,1H3,(H2,22,29)(H,24,26)(H3,23,27,28). The minimum Gasteiger partial charge on any atom is -0.372 e. The Labute approximate surface area is 174 Å². The summed E-state index contributed by atoms with van der Waals surface area (Å²) in [5, 5.41) is 10.3. The molecule has 1 aromatic heterocycles. The van der Waals surface area contributed by atoms with Crippen LogP contribution < -0.4 is 27.4 Å². The molecule has 1 atom stereocenters. The maximum absolute atomic E-state index is 11.1. The third-order valence-corrected chi connectivity index (χ3v) is 4.93. The van der Waals surface area contributed by atoms with Gasteiger partial charge in [0.05, 0.1) is 5.56 Å². The highest BCUT2D eigenvalue weighted by Gasteiger charge is 2.17. The van der Waals surface area contributed by atoms with E-state index in [-0.39, 0.29) is 6.04 Å². The van der Waals surface area contributed by atoms with Gasteiger partial charge in [-0.3, -0.25) is 4.79 Å². The Morgan fingerprint density at radius 2 is 2.03 bits per heavy atom. The van der Waals surface area contributed by atoms with Gasteiger partial charge < -0.3 is 27.4 Å². The number of nitrogens with two attached hydrogens (primary N) is 2. The Morgan fingerprint density at radius 1 is 1.24 bits per heavy atom. The maximum Gasteiger partial charge on any atom is 0.250 e. The number of benzene rings is 1. The SMILES string of the molecule is Cc1c(Cl)cccc1C1C=C(NCCCNc2ccc(C(N)=O)cn2)NC(N)=N1. The van der Waals surface area contributed by atoms with Crippen molar-refractivity contribution in [3.05, 3.63) is 70.1 Å². The van der Waals surface area contributed by atoms with E-state index < -0.39 is 5.91 Å². The molecule has 7 N–H and O–H groups in total. The molecule has 1 unspecified atom stereocenters. The summed E-state index contributed by atoms with van der Waals surface area (Å²) >= 11 is 6.23. The van der Waals surface area contributed by atoms with Gasteiger partial charge in [0.15, 0.2) is 5.96 Å². The summed E-state index contributed by atoms with van der Waals surface area (Å²) < 4.78 is 0. The van der Waals surface area contributed by atoms with Gasteiger partial charge in [-0.05, 0) is 48.7 Å². The monoisotopic (exact) mass is 413 g/mol. The van der Waals surface area contributed by atoms with Crippen LogP contribution >= 0.6 is 11.6 Å². The normalized spacial score (nSPS) is 15.7. The van der Waals surface area contributed by atoms with Crippen molar-refractivity contribution in [3.63, 3.8) is 0 Å². The number of rotatable bonds is 8. The van der Waals surface area contributed by atoms with Crippen molar-refractivity contribution < 1.29 is 4.79 Å². The number of halogens is 1. The largest absolute Gasteiger partial charge is 0.372 e.